The monoisotopic (exact) mass is 283 g/mol. The molecule has 0 aliphatic heterocycles. The van der Waals surface area contributed by atoms with Crippen molar-refractivity contribution in [3.8, 4) is 11.3 Å². The molecule has 21 heavy (non-hydrogen) atoms. The Morgan fingerprint density at radius 2 is 1.90 bits per heavy atom. The number of esters is 1. The molecule has 0 aliphatic rings. The second-order valence-electron chi connectivity index (χ2n) is 6.10. The van der Waals surface area contributed by atoms with Crippen LogP contribution in [-0.4, -0.2) is 16.6 Å². The Bertz CT molecular complexity index is 615. The maximum absolute atomic E-state index is 12.2. The van der Waals surface area contributed by atoms with E-state index in [4.69, 9.17) is 4.74 Å². The third-order valence-electron chi connectivity index (χ3n) is 3.11. The lowest BCUT2D eigenvalue weighted by molar-refractivity contribution is -0.156. The van der Waals surface area contributed by atoms with Crippen LogP contribution in [0.5, 0.6) is 0 Å². The Labute approximate surface area is 126 Å². The SMILES string of the molecule is CC(C(=O)OC(C)(C)C)c1cccc(-c2ccccn2)c1. The van der Waals surface area contributed by atoms with Gasteiger partial charge in [0.15, 0.2) is 0 Å². The first-order valence-electron chi connectivity index (χ1n) is 7.11. The molecule has 1 heterocycles. The van der Waals surface area contributed by atoms with Crippen LogP contribution in [0.15, 0.2) is 48.7 Å². The molecular weight excluding hydrogens is 262 g/mol. The highest BCUT2D eigenvalue weighted by atomic mass is 16.6. The topological polar surface area (TPSA) is 39.2 Å². The molecule has 1 atom stereocenters. The number of benzene rings is 1. The van der Waals surface area contributed by atoms with Crippen molar-refractivity contribution in [2.75, 3.05) is 0 Å². The molecule has 2 aromatic rings. The zero-order valence-electron chi connectivity index (χ0n) is 13.0. The molecule has 0 N–H and O–H groups in total. The van der Waals surface area contributed by atoms with Gasteiger partial charge in [0.05, 0.1) is 11.6 Å². The highest BCUT2D eigenvalue weighted by Gasteiger charge is 2.23. The fourth-order valence-electron chi connectivity index (χ4n) is 2.03. The lowest BCUT2D eigenvalue weighted by Crippen LogP contribution is -2.26. The molecule has 0 radical (unpaired) electrons. The van der Waals surface area contributed by atoms with Crippen LogP contribution in [-0.2, 0) is 9.53 Å². The highest BCUT2D eigenvalue weighted by Crippen LogP contribution is 2.24. The summed E-state index contributed by atoms with van der Waals surface area (Å²) < 4.78 is 5.44. The molecule has 3 heteroatoms. The number of rotatable bonds is 3. The lowest BCUT2D eigenvalue weighted by Gasteiger charge is -2.22. The Balaban J connectivity index is 2.23. The van der Waals surface area contributed by atoms with Crippen molar-refractivity contribution < 1.29 is 9.53 Å². The van der Waals surface area contributed by atoms with Gasteiger partial charge >= 0.3 is 5.97 Å². The summed E-state index contributed by atoms with van der Waals surface area (Å²) in [4.78, 5) is 16.5. The van der Waals surface area contributed by atoms with Gasteiger partial charge in [-0.05, 0) is 51.5 Å². The van der Waals surface area contributed by atoms with E-state index in [0.717, 1.165) is 16.8 Å². The minimum Gasteiger partial charge on any atom is -0.460 e. The van der Waals surface area contributed by atoms with Crippen molar-refractivity contribution in [3.05, 3.63) is 54.2 Å². The largest absolute Gasteiger partial charge is 0.460 e. The van der Waals surface area contributed by atoms with E-state index in [1.54, 1.807) is 6.20 Å². The summed E-state index contributed by atoms with van der Waals surface area (Å²) in [5.74, 6) is -0.506. The summed E-state index contributed by atoms with van der Waals surface area (Å²) in [6.45, 7) is 7.50. The van der Waals surface area contributed by atoms with Crippen molar-refractivity contribution in [2.45, 2.75) is 39.2 Å². The van der Waals surface area contributed by atoms with Gasteiger partial charge in [-0.1, -0.05) is 24.3 Å². The van der Waals surface area contributed by atoms with E-state index < -0.39 is 5.60 Å². The van der Waals surface area contributed by atoms with E-state index in [-0.39, 0.29) is 11.9 Å². The summed E-state index contributed by atoms with van der Waals surface area (Å²) >= 11 is 0. The zero-order valence-corrected chi connectivity index (χ0v) is 13.0. The van der Waals surface area contributed by atoms with Gasteiger partial charge in [-0.3, -0.25) is 9.78 Å². The number of hydrogen-bond donors (Lipinski definition) is 0. The third kappa shape index (κ3) is 4.15. The van der Waals surface area contributed by atoms with Crippen molar-refractivity contribution in [2.24, 2.45) is 0 Å². The van der Waals surface area contributed by atoms with E-state index in [1.165, 1.54) is 0 Å². The molecule has 0 spiro atoms. The van der Waals surface area contributed by atoms with Crippen LogP contribution in [0.2, 0.25) is 0 Å². The van der Waals surface area contributed by atoms with E-state index in [1.807, 2.05) is 70.2 Å². The number of ether oxygens (including phenoxy) is 1. The first-order chi connectivity index (χ1) is 9.87. The molecule has 1 unspecified atom stereocenters. The second-order valence-corrected chi connectivity index (χ2v) is 6.10. The normalized spacial score (nSPS) is 12.8. The summed E-state index contributed by atoms with van der Waals surface area (Å²) in [5, 5.41) is 0. The van der Waals surface area contributed by atoms with Gasteiger partial charge in [0, 0.05) is 11.8 Å². The van der Waals surface area contributed by atoms with Crippen molar-refractivity contribution in [1.29, 1.82) is 0 Å². The van der Waals surface area contributed by atoms with E-state index in [9.17, 15) is 4.79 Å². The molecule has 0 saturated carbocycles. The minimum atomic E-state index is -0.468. The summed E-state index contributed by atoms with van der Waals surface area (Å²) in [5.41, 5.74) is 2.37. The second kappa shape index (κ2) is 6.08. The van der Waals surface area contributed by atoms with Crippen molar-refractivity contribution in [1.82, 2.24) is 4.98 Å². The average molecular weight is 283 g/mol. The smallest absolute Gasteiger partial charge is 0.313 e. The molecule has 1 aromatic heterocycles. The summed E-state index contributed by atoms with van der Waals surface area (Å²) in [6, 6.07) is 13.7. The molecule has 1 aromatic carbocycles. The van der Waals surface area contributed by atoms with Gasteiger partial charge in [0.2, 0.25) is 0 Å². The predicted molar refractivity (Wildman–Crippen MR) is 83.9 cm³/mol. The Kier molecular flexibility index (Phi) is 4.41. The van der Waals surface area contributed by atoms with E-state index in [2.05, 4.69) is 4.98 Å². The van der Waals surface area contributed by atoms with Gasteiger partial charge in [0.25, 0.3) is 0 Å². The third-order valence-corrected chi connectivity index (χ3v) is 3.11. The molecule has 0 bridgehead atoms. The molecule has 0 aliphatic carbocycles. The Morgan fingerprint density at radius 3 is 2.52 bits per heavy atom. The maximum atomic E-state index is 12.2. The molecule has 2 rings (SSSR count). The van der Waals surface area contributed by atoms with Crippen molar-refractivity contribution in [3.63, 3.8) is 0 Å². The van der Waals surface area contributed by atoms with Crippen molar-refractivity contribution >= 4 is 5.97 Å². The first-order valence-corrected chi connectivity index (χ1v) is 7.11. The highest BCUT2D eigenvalue weighted by molar-refractivity contribution is 5.78. The summed E-state index contributed by atoms with van der Waals surface area (Å²) in [6.07, 6.45) is 1.76. The Morgan fingerprint density at radius 1 is 1.14 bits per heavy atom. The number of hydrogen-bond acceptors (Lipinski definition) is 3. The fourth-order valence-corrected chi connectivity index (χ4v) is 2.03. The Hall–Kier alpha value is -2.16. The standard InChI is InChI=1S/C18H21NO2/c1-13(17(20)21-18(2,3)4)14-8-7-9-15(12-14)16-10-5-6-11-19-16/h5-13H,1-4H3. The van der Waals surface area contributed by atoms with Gasteiger partial charge in [-0.15, -0.1) is 0 Å². The number of nitrogens with zero attached hydrogens (tertiary/aromatic N) is 1. The summed E-state index contributed by atoms with van der Waals surface area (Å²) in [7, 11) is 0. The van der Waals surface area contributed by atoms with E-state index in [0.29, 0.717) is 0 Å². The molecule has 3 nitrogen and oxygen atoms in total. The van der Waals surface area contributed by atoms with Crippen LogP contribution in [0.3, 0.4) is 0 Å². The molecule has 0 amide bonds. The quantitative estimate of drug-likeness (QED) is 0.793. The number of pyridine rings is 1. The molecular formula is C18H21NO2. The molecule has 0 fully saturated rings. The van der Waals surface area contributed by atoms with Crippen LogP contribution in [0.1, 0.15) is 39.2 Å². The van der Waals surface area contributed by atoms with Gasteiger partial charge in [-0.2, -0.15) is 0 Å². The van der Waals surface area contributed by atoms with Gasteiger partial charge < -0.3 is 4.74 Å². The minimum absolute atomic E-state index is 0.208. The van der Waals surface area contributed by atoms with Crippen LogP contribution in [0, 0.1) is 0 Å². The number of carbonyl (C=O) groups excluding carboxylic acids is 1. The first kappa shape index (κ1) is 15.2. The zero-order chi connectivity index (χ0) is 15.5. The fraction of sp³-hybridized carbons (Fsp3) is 0.333. The average Bonchev–Trinajstić information content (AvgIpc) is 2.46. The van der Waals surface area contributed by atoms with Gasteiger partial charge in [-0.25, -0.2) is 0 Å². The van der Waals surface area contributed by atoms with Crippen LogP contribution < -0.4 is 0 Å². The van der Waals surface area contributed by atoms with E-state index >= 15 is 0 Å². The van der Waals surface area contributed by atoms with Crippen LogP contribution in [0.25, 0.3) is 11.3 Å². The number of aromatic nitrogens is 1. The van der Waals surface area contributed by atoms with Crippen LogP contribution >= 0.6 is 0 Å². The lowest BCUT2D eigenvalue weighted by atomic mass is 9.97. The predicted octanol–water partition coefficient (Wildman–Crippen LogP) is 4.19. The number of carbonyl (C=O) groups is 1. The molecule has 110 valence electrons. The molecule has 0 saturated heterocycles. The van der Waals surface area contributed by atoms with Gasteiger partial charge in [0.1, 0.15) is 5.60 Å². The maximum Gasteiger partial charge on any atom is 0.313 e. The van der Waals surface area contributed by atoms with Crippen LogP contribution in [0.4, 0.5) is 0 Å².